The van der Waals surface area contributed by atoms with Crippen LogP contribution in [0.4, 0.5) is 0 Å². The lowest BCUT2D eigenvalue weighted by Gasteiger charge is -2.44. The Labute approximate surface area is 107 Å². The summed E-state index contributed by atoms with van der Waals surface area (Å²) in [4.78, 5) is 26.2. The predicted octanol–water partition coefficient (Wildman–Crippen LogP) is -0.913. The number of hydrogen-bond acceptors (Lipinski definition) is 4. The Kier molecular flexibility index (Phi) is 3.11. The molecule has 0 aromatic rings. The maximum atomic E-state index is 12.7. The SMILES string of the molecule is CC1(C(=O)N2CCNC(=O)C2(C)C)COCC1N. The highest BCUT2D eigenvalue weighted by atomic mass is 16.5. The molecule has 2 fully saturated rings. The molecule has 2 amide bonds. The summed E-state index contributed by atoms with van der Waals surface area (Å²) in [5.41, 5.74) is 4.41. The van der Waals surface area contributed by atoms with E-state index in [4.69, 9.17) is 10.5 Å². The number of rotatable bonds is 1. The van der Waals surface area contributed by atoms with E-state index >= 15 is 0 Å². The second kappa shape index (κ2) is 4.20. The first-order chi connectivity index (χ1) is 8.30. The Bertz CT molecular complexity index is 383. The third kappa shape index (κ3) is 1.80. The van der Waals surface area contributed by atoms with Crippen molar-refractivity contribution in [2.75, 3.05) is 26.3 Å². The van der Waals surface area contributed by atoms with Crippen LogP contribution in [0.1, 0.15) is 20.8 Å². The molecule has 6 nitrogen and oxygen atoms in total. The van der Waals surface area contributed by atoms with Crippen LogP contribution in [0.3, 0.4) is 0 Å². The Balaban J connectivity index is 2.25. The van der Waals surface area contributed by atoms with Gasteiger partial charge in [-0.15, -0.1) is 0 Å². The molecule has 0 radical (unpaired) electrons. The summed E-state index contributed by atoms with van der Waals surface area (Å²) < 4.78 is 5.31. The number of ether oxygens (including phenoxy) is 1. The molecule has 6 heteroatoms. The van der Waals surface area contributed by atoms with Crippen molar-refractivity contribution in [2.24, 2.45) is 11.1 Å². The number of piperazine rings is 1. The maximum absolute atomic E-state index is 12.7. The second-order valence-corrected chi connectivity index (χ2v) is 5.81. The Morgan fingerprint density at radius 2 is 2.17 bits per heavy atom. The van der Waals surface area contributed by atoms with Gasteiger partial charge in [0.15, 0.2) is 0 Å². The zero-order valence-electron chi connectivity index (χ0n) is 11.2. The van der Waals surface area contributed by atoms with Gasteiger partial charge < -0.3 is 20.7 Å². The molecule has 2 aliphatic heterocycles. The van der Waals surface area contributed by atoms with E-state index in [1.165, 1.54) is 0 Å². The molecule has 2 saturated heterocycles. The summed E-state index contributed by atoms with van der Waals surface area (Å²) in [5.74, 6) is -0.217. The van der Waals surface area contributed by atoms with Crippen LogP contribution < -0.4 is 11.1 Å². The van der Waals surface area contributed by atoms with Crippen LogP contribution in [0.25, 0.3) is 0 Å². The van der Waals surface area contributed by atoms with Gasteiger partial charge in [-0.3, -0.25) is 9.59 Å². The van der Waals surface area contributed by atoms with E-state index in [1.807, 2.05) is 6.92 Å². The average molecular weight is 255 g/mol. The van der Waals surface area contributed by atoms with Crippen LogP contribution in [0, 0.1) is 5.41 Å². The fraction of sp³-hybridized carbons (Fsp3) is 0.833. The van der Waals surface area contributed by atoms with Crippen LogP contribution in [-0.2, 0) is 14.3 Å². The van der Waals surface area contributed by atoms with E-state index in [9.17, 15) is 9.59 Å². The van der Waals surface area contributed by atoms with Crippen molar-refractivity contribution in [3.63, 3.8) is 0 Å². The minimum atomic E-state index is -0.833. The van der Waals surface area contributed by atoms with E-state index < -0.39 is 11.0 Å². The van der Waals surface area contributed by atoms with Gasteiger partial charge in [-0.1, -0.05) is 0 Å². The number of hydrogen-bond donors (Lipinski definition) is 2. The highest BCUT2D eigenvalue weighted by Crippen LogP contribution is 2.32. The summed E-state index contributed by atoms with van der Waals surface area (Å²) in [6.07, 6.45) is 0. The standard InChI is InChI=1S/C12H21N3O3/c1-11(2)9(16)14-4-5-15(11)10(17)12(3)7-18-6-8(12)13/h8H,4-7,13H2,1-3H3,(H,14,16). The molecule has 102 valence electrons. The largest absolute Gasteiger partial charge is 0.379 e. The second-order valence-electron chi connectivity index (χ2n) is 5.81. The monoisotopic (exact) mass is 255 g/mol. The van der Waals surface area contributed by atoms with E-state index in [2.05, 4.69) is 5.32 Å². The Morgan fingerprint density at radius 1 is 1.50 bits per heavy atom. The van der Waals surface area contributed by atoms with Gasteiger partial charge in [0, 0.05) is 19.1 Å². The third-order valence-electron chi connectivity index (χ3n) is 4.10. The minimum absolute atomic E-state index is 0.0904. The molecule has 3 N–H and O–H groups in total. The Hall–Kier alpha value is -1.14. The van der Waals surface area contributed by atoms with Crippen molar-refractivity contribution in [2.45, 2.75) is 32.4 Å². The lowest BCUT2D eigenvalue weighted by molar-refractivity contribution is -0.156. The molecule has 18 heavy (non-hydrogen) atoms. The number of nitrogens with one attached hydrogen (secondary N) is 1. The van der Waals surface area contributed by atoms with E-state index in [-0.39, 0.29) is 17.9 Å². The van der Waals surface area contributed by atoms with Crippen molar-refractivity contribution in [3.05, 3.63) is 0 Å². The summed E-state index contributed by atoms with van der Waals surface area (Å²) in [6.45, 7) is 7.04. The molecule has 2 unspecified atom stereocenters. The van der Waals surface area contributed by atoms with E-state index in [0.29, 0.717) is 26.3 Å². The average Bonchev–Trinajstić information content (AvgIpc) is 2.63. The molecule has 0 bridgehead atoms. The van der Waals surface area contributed by atoms with E-state index in [0.717, 1.165) is 0 Å². The molecular weight excluding hydrogens is 234 g/mol. The maximum Gasteiger partial charge on any atom is 0.245 e. The number of nitrogens with two attached hydrogens (primary N) is 1. The van der Waals surface area contributed by atoms with Crippen molar-refractivity contribution in [3.8, 4) is 0 Å². The number of carbonyl (C=O) groups excluding carboxylic acids is 2. The van der Waals surface area contributed by atoms with Gasteiger partial charge in [-0.2, -0.15) is 0 Å². The zero-order chi connectivity index (χ0) is 13.6. The normalized spacial score (nSPS) is 35.4. The zero-order valence-corrected chi connectivity index (χ0v) is 11.2. The van der Waals surface area contributed by atoms with Gasteiger partial charge in [0.25, 0.3) is 0 Å². The summed E-state index contributed by atoms with van der Waals surface area (Å²) in [6, 6.07) is -0.314. The summed E-state index contributed by atoms with van der Waals surface area (Å²) in [7, 11) is 0. The van der Waals surface area contributed by atoms with Crippen LogP contribution in [-0.4, -0.2) is 54.6 Å². The highest BCUT2D eigenvalue weighted by molar-refractivity contribution is 5.94. The van der Waals surface area contributed by atoms with Crippen molar-refractivity contribution < 1.29 is 14.3 Å². The van der Waals surface area contributed by atoms with Gasteiger partial charge in [-0.05, 0) is 20.8 Å². The molecule has 0 aliphatic carbocycles. The first-order valence-electron chi connectivity index (χ1n) is 6.24. The molecule has 2 aliphatic rings. The molecule has 0 aromatic carbocycles. The number of amides is 2. The topological polar surface area (TPSA) is 84.7 Å². The molecule has 2 heterocycles. The smallest absolute Gasteiger partial charge is 0.245 e. The van der Waals surface area contributed by atoms with Crippen LogP contribution in [0.2, 0.25) is 0 Å². The molecule has 0 aromatic heterocycles. The predicted molar refractivity (Wildman–Crippen MR) is 65.7 cm³/mol. The molecule has 2 atom stereocenters. The van der Waals surface area contributed by atoms with Crippen LogP contribution in [0.15, 0.2) is 0 Å². The third-order valence-corrected chi connectivity index (χ3v) is 4.10. The van der Waals surface area contributed by atoms with Gasteiger partial charge in [0.05, 0.1) is 18.6 Å². The number of carbonyl (C=O) groups is 2. The first kappa shape index (κ1) is 13.3. The first-order valence-corrected chi connectivity index (χ1v) is 6.24. The minimum Gasteiger partial charge on any atom is -0.379 e. The van der Waals surface area contributed by atoms with Crippen LogP contribution >= 0.6 is 0 Å². The Morgan fingerprint density at radius 3 is 2.72 bits per heavy atom. The molecule has 2 rings (SSSR count). The quantitative estimate of drug-likeness (QED) is 0.635. The highest BCUT2D eigenvalue weighted by Gasteiger charge is 2.51. The lowest BCUT2D eigenvalue weighted by atomic mass is 9.82. The van der Waals surface area contributed by atoms with Gasteiger partial charge >= 0.3 is 0 Å². The van der Waals surface area contributed by atoms with Crippen molar-refractivity contribution in [1.29, 1.82) is 0 Å². The van der Waals surface area contributed by atoms with Crippen molar-refractivity contribution in [1.82, 2.24) is 10.2 Å². The summed E-state index contributed by atoms with van der Waals surface area (Å²) >= 11 is 0. The van der Waals surface area contributed by atoms with Crippen molar-refractivity contribution >= 4 is 11.8 Å². The molecule has 0 spiro atoms. The van der Waals surface area contributed by atoms with Crippen LogP contribution in [0.5, 0.6) is 0 Å². The molecule has 0 saturated carbocycles. The number of nitrogens with zero attached hydrogens (tertiary/aromatic N) is 1. The van der Waals surface area contributed by atoms with E-state index in [1.54, 1.807) is 18.7 Å². The fourth-order valence-corrected chi connectivity index (χ4v) is 2.47. The van der Waals surface area contributed by atoms with Gasteiger partial charge in [0.1, 0.15) is 5.54 Å². The summed E-state index contributed by atoms with van der Waals surface area (Å²) in [5, 5.41) is 2.78. The fourth-order valence-electron chi connectivity index (χ4n) is 2.47. The molecular formula is C12H21N3O3. The van der Waals surface area contributed by atoms with Gasteiger partial charge in [-0.25, -0.2) is 0 Å². The van der Waals surface area contributed by atoms with Gasteiger partial charge in [0.2, 0.25) is 11.8 Å². The lowest BCUT2D eigenvalue weighted by Crippen LogP contribution is -2.67.